The van der Waals surface area contributed by atoms with Crippen LogP contribution in [0.25, 0.3) is 0 Å². The van der Waals surface area contributed by atoms with Crippen molar-refractivity contribution in [2.45, 2.75) is 12.8 Å². The fourth-order valence-corrected chi connectivity index (χ4v) is 2.07. The van der Waals surface area contributed by atoms with Crippen LogP contribution >= 0.6 is 23.2 Å². The number of nitrogens with one attached hydrogen (secondary N) is 1. The van der Waals surface area contributed by atoms with E-state index in [-0.39, 0.29) is 5.91 Å². The number of nitrogens with two attached hydrogens (primary N) is 1. The first-order valence-corrected chi connectivity index (χ1v) is 6.35. The summed E-state index contributed by atoms with van der Waals surface area (Å²) >= 11 is 12.0. The van der Waals surface area contributed by atoms with Crippen molar-refractivity contribution in [1.82, 2.24) is 4.90 Å². The first-order chi connectivity index (χ1) is 8.40. The quantitative estimate of drug-likeness (QED) is 0.820. The van der Waals surface area contributed by atoms with E-state index >= 15 is 0 Å². The lowest BCUT2D eigenvalue weighted by Gasteiger charge is -2.11. The predicted molar refractivity (Wildman–Crippen MR) is 77.3 cm³/mol. The van der Waals surface area contributed by atoms with E-state index in [4.69, 9.17) is 28.9 Å². The second-order valence-corrected chi connectivity index (χ2v) is 5.13. The summed E-state index contributed by atoms with van der Waals surface area (Å²) in [4.78, 5) is 13.7. The third-order valence-electron chi connectivity index (χ3n) is 2.34. The molecule has 0 atom stereocenters. The molecule has 100 valence electrons. The zero-order valence-electron chi connectivity index (χ0n) is 10.5. The van der Waals surface area contributed by atoms with Crippen LogP contribution in [0.5, 0.6) is 0 Å². The molecule has 0 aromatic heterocycles. The summed E-state index contributed by atoms with van der Waals surface area (Å²) in [6, 6.07) is 3.12. The fourth-order valence-electron chi connectivity index (χ4n) is 1.47. The van der Waals surface area contributed by atoms with Gasteiger partial charge in [-0.2, -0.15) is 0 Å². The number of hydrogen-bond donors (Lipinski definition) is 2. The molecule has 0 spiro atoms. The van der Waals surface area contributed by atoms with Crippen molar-refractivity contribution in [1.29, 1.82) is 0 Å². The van der Waals surface area contributed by atoms with Crippen LogP contribution in [0.3, 0.4) is 0 Å². The first kappa shape index (κ1) is 15.1. The zero-order valence-corrected chi connectivity index (χ0v) is 12.0. The van der Waals surface area contributed by atoms with Gasteiger partial charge in [-0.05, 0) is 39.2 Å². The molecule has 0 heterocycles. The maximum absolute atomic E-state index is 11.7. The van der Waals surface area contributed by atoms with Crippen molar-refractivity contribution in [3.63, 3.8) is 0 Å². The molecular weight excluding hydrogens is 273 g/mol. The summed E-state index contributed by atoms with van der Waals surface area (Å²) in [6.07, 6.45) is 1.21. The van der Waals surface area contributed by atoms with Gasteiger partial charge in [-0.15, -0.1) is 0 Å². The largest absolute Gasteiger partial charge is 0.399 e. The van der Waals surface area contributed by atoms with Crippen molar-refractivity contribution in [3.8, 4) is 0 Å². The third kappa shape index (κ3) is 4.72. The molecule has 0 aliphatic carbocycles. The molecule has 0 fully saturated rings. The molecule has 0 saturated heterocycles. The normalized spacial score (nSPS) is 10.7. The summed E-state index contributed by atoms with van der Waals surface area (Å²) in [7, 11) is 3.93. The molecule has 0 unspecified atom stereocenters. The van der Waals surface area contributed by atoms with Gasteiger partial charge in [0.05, 0.1) is 15.7 Å². The van der Waals surface area contributed by atoms with E-state index in [1.165, 1.54) is 0 Å². The zero-order chi connectivity index (χ0) is 13.7. The Bertz CT molecular complexity index is 412. The summed E-state index contributed by atoms with van der Waals surface area (Å²) in [5.74, 6) is -0.106. The Morgan fingerprint density at radius 3 is 2.39 bits per heavy atom. The van der Waals surface area contributed by atoms with Crippen LogP contribution < -0.4 is 11.1 Å². The highest BCUT2D eigenvalue weighted by atomic mass is 35.5. The third-order valence-corrected chi connectivity index (χ3v) is 2.93. The summed E-state index contributed by atoms with van der Waals surface area (Å²) in [5.41, 5.74) is 6.47. The van der Waals surface area contributed by atoms with Crippen LogP contribution in [0.2, 0.25) is 10.0 Å². The lowest BCUT2D eigenvalue weighted by molar-refractivity contribution is -0.116. The number of rotatable bonds is 5. The van der Waals surface area contributed by atoms with Gasteiger partial charge in [-0.1, -0.05) is 23.2 Å². The summed E-state index contributed by atoms with van der Waals surface area (Å²) in [5, 5.41) is 3.40. The molecular formula is C12H17Cl2N3O. The molecule has 6 heteroatoms. The number of benzene rings is 1. The highest BCUT2D eigenvalue weighted by Gasteiger charge is 2.10. The maximum Gasteiger partial charge on any atom is 0.224 e. The van der Waals surface area contributed by atoms with Crippen molar-refractivity contribution < 1.29 is 4.79 Å². The van der Waals surface area contributed by atoms with Crippen LogP contribution in [0, 0.1) is 0 Å². The van der Waals surface area contributed by atoms with E-state index in [0.29, 0.717) is 27.8 Å². The molecule has 0 bridgehead atoms. The lowest BCUT2D eigenvalue weighted by atomic mass is 10.2. The number of carbonyl (C=O) groups excluding carboxylic acids is 1. The Labute approximate surface area is 117 Å². The minimum absolute atomic E-state index is 0.106. The molecule has 1 amide bonds. The Kier molecular flexibility index (Phi) is 5.72. The smallest absolute Gasteiger partial charge is 0.224 e. The standard InChI is InChI=1S/C12H17Cl2N3O/c1-17(2)5-3-4-11(18)16-12-9(13)6-8(15)7-10(12)14/h6-7H,3-5,15H2,1-2H3,(H,16,18). The molecule has 0 aliphatic heterocycles. The van der Waals surface area contributed by atoms with E-state index < -0.39 is 0 Å². The summed E-state index contributed by atoms with van der Waals surface area (Å²) < 4.78 is 0. The van der Waals surface area contributed by atoms with Crippen molar-refractivity contribution >= 4 is 40.5 Å². The van der Waals surface area contributed by atoms with Gasteiger partial charge in [0.15, 0.2) is 0 Å². The van der Waals surface area contributed by atoms with Crippen LogP contribution in [0.4, 0.5) is 11.4 Å². The number of carbonyl (C=O) groups is 1. The van der Waals surface area contributed by atoms with E-state index in [1.54, 1.807) is 12.1 Å². The van der Waals surface area contributed by atoms with E-state index in [0.717, 1.165) is 13.0 Å². The molecule has 18 heavy (non-hydrogen) atoms. The fraction of sp³-hybridized carbons (Fsp3) is 0.417. The van der Waals surface area contributed by atoms with Gasteiger partial charge in [0.1, 0.15) is 0 Å². The SMILES string of the molecule is CN(C)CCCC(=O)Nc1c(Cl)cc(N)cc1Cl. The van der Waals surface area contributed by atoms with Crippen molar-refractivity contribution in [2.24, 2.45) is 0 Å². The minimum atomic E-state index is -0.106. The molecule has 0 aliphatic rings. The number of nitrogens with zero attached hydrogens (tertiary/aromatic N) is 1. The highest BCUT2D eigenvalue weighted by molar-refractivity contribution is 6.40. The molecule has 1 rings (SSSR count). The number of halogens is 2. The lowest BCUT2D eigenvalue weighted by Crippen LogP contribution is -2.17. The van der Waals surface area contributed by atoms with E-state index in [2.05, 4.69) is 5.32 Å². The Hall–Kier alpha value is -0.970. The van der Waals surface area contributed by atoms with Crippen molar-refractivity contribution in [2.75, 3.05) is 31.7 Å². The molecule has 3 N–H and O–H groups in total. The van der Waals surface area contributed by atoms with Gasteiger partial charge in [0.2, 0.25) is 5.91 Å². The molecule has 1 aromatic rings. The average molecular weight is 290 g/mol. The molecule has 4 nitrogen and oxygen atoms in total. The van der Waals surface area contributed by atoms with Crippen LogP contribution in [0.1, 0.15) is 12.8 Å². The van der Waals surface area contributed by atoms with E-state index in [1.807, 2.05) is 19.0 Å². The number of nitrogen functional groups attached to an aromatic ring is 1. The molecule has 0 saturated carbocycles. The number of anilines is 2. The minimum Gasteiger partial charge on any atom is -0.399 e. The summed E-state index contributed by atoms with van der Waals surface area (Å²) in [6.45, 7) is 0.858. The van der Waals surface area contributed by atoms with Gasteiger partial charge in [-0.3, -0.25) is 4.79 Å². The maximum atomic E-state index is 11.7. The van der Waals surface area contributed by atoms with Crippen molar-refractivity contribution in [3.05, 3.63) is 22.2 Å². The molecule has 0 radical (unpaired) electrons. The van der Waals surface area contributed by atoms with Gasteiger partial charge in [0, 0.05) is 12.1 Å². The van der Waals surface area contributed by atoms with Gasteiger partial charge in [0.25, 0.3) is 0 Å². The Balaban J connectivity index is 2.59. The predicted octanol–water partition coefficient (Wildman–Crippen LogP) is 2.86. The monoisotopic (exact) mass is 289 g/mol. The molecule has 1 aromatic carbocycles. The van der Waals surface area contributed by atoms with Gasteiger partial charge < -0.3 is 16.0 Å². The first-order valence-electron chi connectivity index (χ1n) is 5.59. The Morgan fingerprint density at radius 2 is 1.89 bits per heavy atom. The van der Waals surface area contributed by atoms with Crippen LogP contribution in [-0.4, -0.2) is 31.4 Å². The van der Waals surface area contributed by atoms with E-state index in [9.17, 15) is 4.79 Å². The average Bonchev–Trinajstić information content (AvgIpc) is 2.22. The van der Waals surface area contributed by atoms with Gasteiger partial charge in [-0.25, -0.2) is 0 Å². The van der Waals surface area contributed by atoms with Gasteiger partial charge >= 0.3 is 0 Å². The highest BCUT2D eigenvalue weighted by Crippen LogP contribution is 2.32. The number of amides is 1. The Morgan fingerprint density at radius 1 is 1.33 bits per heavy atom. The topological polar surface area (TPSA) is 58.4 Å². The van der Waals surface area contributed by atoms with Crippen LogP contribution in [0.15, 0.2) is 12.1 Å². The second kappa shape index (κ2) is 6.83. The second-order valence-electron chi connectivity index (χ2n) is 4.31. The van der Waals surface area contributed by atoms with Crippen LogP contribution in [-0.2, 0) is 4.79 Å². The number of hydrogen-bond acceptors (Lipinski definition) is 3.